The largest absolute Gasteiger partial charge is 0.465 e. The topological polar surface area (TPSA) is 92.8 Å². The molecule has 4 atom stereocenters. The molecular formula is C26H31ClN2O5S. The Morgan fingerprint density at radius 3 is 2.49 bits per heavy atom. The van der Waals surface area contributed by atoms with Crippen molar-refractivity contribution in [2.45, 2.75) is 63.6 Å². The molecule has 0 spiro atoms. The summed E-state index contributed by atoms with van der Waals surface area (Å²) in [4.78, 5) is 29.3. The van der Waals surface area contributed by atoms with Crippen LogP contribution in [0.4, 0.5) is 0 Å². The molecule has 1 saturated carbocycles. The predicted molar refractivity (Wildman–Crippen MR) is 135 cm³/mol. The van der Waals surface area contributed by atoms with Crippen molar-refractivity contribution in [3.8, 4) is 0 Å². The molecule has 2 aromatic carbocycles. The third-order valence-corrected chi connectivity index (χ3v) is 7.81. The molecule has 1 heterocycles. The van der Waals surface area contributed by atoms with Gasteiger partial charge in [-0.2, -0.15) is 0 Å². The number of hydrogen-bond acceptors (Lipinski definition) is 5. The van der Waals surface area contributed by atoms with Crippen LogP contribution >= 0.6 is 11.6 Å². The molecule has 1 amide bonds. The van der Waals surface area contributed by atoms with Crippen molar-refractivity contribution < 1.29 is 22.7 Å². The van der Waals surface area contributed by atoms with Gasteiger partial charge in [0.15, 0.2) is 0 Å². The van der Waals surface area contributed by atoms with Gasteiger partial charge in [-0.05, 0) is 56.0 Å². The van der Waals surface area contributed by atoms with E-state index in [2.05, 4.69) is 4.72 Å². The quantitative estimate of drug-likeness (QED) is 0.574. The molecule has 188 valence electrons. The van der Waals surface area contributed by atoms with Crippen LogP contribution in [-0.4, -0.2) is 50.1 Å². The first kappa shape index (κ1) is 25.7. The molecule has 2 aliphatic rings. The molecule has 0 saturated heterocycles. The molecule has 35 heavy (non-hydrogen) atoms. The third-order valence-electron chi connectivity index (χ3n) is 6.83. The minimum Gasteiger partial charge on any atom is -0.465 e. The minimum atomic E-state index is -3.50. The summed E-state index contributed by atoms with van der Waals surface area (Å²) in [7, 11) is -3.50. The molecule has 1 aliphatic carbocycles. The number of benzene rings is 2. The predicted octanol–water partition coefficient (Wildman–Crippen LogP) is 4.35. The van der Waals surface area contributed by atoms with E-state index in [0.717, 1.165) is 30.2 Å². The number of sulfonamides is 1. The lowest BCUT2D eigenvalue weighted by Gasteiger charge is -2.48. The number of hydrogen-bond donors (Lipinski definition) is 1. The molecule has 1 aliphatic heterocycles. The smallest absolute Gasteiger partial charge is 0.315 e. The number of aryl methyl sites for hydroxylation is 1. The Morgan fingerprint density at radius 1 is 1.14 bits per heavy atom. The molecule has 0 aromatic heterocycles. The number of fused-ring (bicyclic) bond motifs is 1. The van der Waals surface area contributed by atoms with E-state index >= 15 is 0 Å². The highest BCUT2D eigenvalue weighted by molar-refractivity contribution is 7.88. The molecule has 0 bridgehead atoms. The molecular weight excluding hydrogens is 488 g/mol. The highest BCUT2D eigenvalue weighted by Crippen LogP contribution is 2.46. The summed E-state index contributed by atoms with van der Waals surface area (Å²) in [5.41, 5.74) is 2.73. The van der Waals surface area contributed by atoms with E-state index in [1.807, 2.05) is 31.2 Å². The summed E-state index contributed by atoms with van der Waals surface area (Å²) in [5.74, 6) is -1.39. The number of carbonyl (C=O) groups is 2. The summed E-state index contributed by atoms with van der Waals surface area (Å²) in [6, 6.07) is 11.1. The van der Waals surface area contributed by atoms with E-state index < -0.39 is 40.0 Å². The van der Waals surface area contributed by atoms with Gasteiger partial charge in [0.05, 0.1) is 18.9 Å². The number of carbonyl (C=O) groups excluding carboxylic acids is 2. The van der Waals surface area contributed by atoms with Crippen molar-refractivity contribution in [1.82, 2.24) is 9.62 Å². The lowest BCUT2D eigenvalue weighted by atomic mass is 9.76. The van der Waals surface area contributed by atoms with Crippen LogP contribution in [0.3, 0.4) is 0 Å². The molecule has 0 unspecified atom stereocenters. The molecule has 4 rings (SSSR count). The number of nitrogens with one attached hydrogen (secondary N) is 1. The number of amides is 1. The molecule has 0 radical (unpaired) electrons. The van der Waals surface area contributed by atoms with Gasteiger partial charge in [-0.15, -0.1) is 0 Å². The molecule has 7 nitrogen and oxygen atoms in total. The Balaban J connectivity index is 1.93. The zero-order chi connectivity index (χ0) is 25.3. The fourth-order valence-electron chi connectivity index (χ4n) is 5.44. The summed E-state index contributed by atoms with van der Waals surface area (Å²) >= 11 is 6.16. The normalized spacial score (nSPS) is 24.7. The SMILES string of the molecule is CCOC(=O)[C@@H]1c2ccc(C)cc2C(=O)N([C@H]2CCCC[C@@H]2NS(C)(=O)=O)[C@H]1c1ccc(Cl)cc1. The number of esters is 1. The Morgan fingerprint density at radius 2 is 1.83 bits per heavy atom. The summed E-state index contributed by atoms with van der Waals surface area (Å²) in [5, 5.41) is 0.542. The third kappa shape index (κ3) is 5.39. The van der Waals surface area contributed by atoms with Crippen LogP contribution in [-0.2, 0) is 19.6 Å². The zero-order valence-corrected chi connectivity index (χ0v) is 21.7. The highest BCUT2D eigenvalue weighted by Gasteiger charge is 2.49. The van der Waals surface area contributed by atoms with Crippen LogP contribution in [0.2, 0.25) is 5.02 Å². The average Bonchev–Trinajstić information content (AvgIpc) is 2.79. The Kier molecular flexibility index (Phi) is 7.54. The lowest BCUT2D eigenvalue weighted by molar-refractivity contribution is -0.147. The maximum absolute atomic E-state index is 14.1. The first-order valence-corrected chi connectivity index (χ1v) is 14.2. The van der Waals surface area contributed by atoms with E-state index in [1.54, 1.807) is 30.0 Å². The average molecular weight is 519 g/mol. The molecule has 1 fully saturated rings. The second kappa shape index (κ2) is 10.3. The number of ether oxygens (including phenoxy) is 1. The molecule has 2 aromatic rings. The van der Waals surface area contributed by atoms with Crippen molar-refractivity contribution in [1.29, 1.82) is 0 Å². The van der Waals surface area contributed by atoms with Crippen LogP contribution in [0.25, 0.3) is 0 Å². The van der Waals surface area contributed by atoms with Crippen LogP contribution in [0.5, 0.6) is 0 Å². The Hall–Kier alpha value is -2.42. The lowest BCUT2D eigenvalue weighted by Crippen LogP contribution is -2.58. The van der Waals surface area contributed by atoms with Crippen molar-refractivity contribution in [2.24, 2.45) is 0 Å². The van der Waals surface area contributed by atoms with Gasteiger partial charge in [0.1, 0.15) is 5.92 Å². The van der Waals surface area contributed by atoms with Crippen LogP contribution in [0.15, 0.2) is 42.5 Å². The number of nitrogens with zero attached hydrogens (tertiary/aromatic N) is 1. The van der Waals surface area contributed by atoms with Crippen LogP contribution in [0.1, 0.15) is 71.6 Å². The van der Waals surface area contributed by atoms with Crippen LogP contribution < -0.4 is 4.72 Å². The van der Waals surface area contributed by atoms with Gasteiger partial charge in [0.25, 0.3) is 5.91 Å². The van der Waals surface area contributed by atoms with E-state index in [1.165, 1.54) is 0 Å². The van der Waals surface area contributed by atoms with Gasteiger partial charge in [0, 0.05) is 22.7 Å². The molecule has 9 heteroatoms. The fourth-order valence-corrected chi connectivity index (χ4v) is 6.39. The number of rotatable bonds is 6. The monoisotopic (exact) mass is 518 g/mol. The van der Waals surface area contributed by atoms with E-state index in [4.69, 9.17) is 16.3 Å². The van der Waals surface area contributed by atoms with E-state index in [9.17, 15) is 18.0 Å². The summed E-state index contributed by atoms with van der Waals surface area (Å²) in [6.07, 6.45) is 4.08. The first-order valence-electron chi connectivity index (χ1n) is 11.9. The van der Waals surface area contributed by atoms with Crippen molar-refractivity contribution in [3.63, 3.8) is 0 Å². The van der Waals surface area contributed by atoms with Crippen LogP contribution in [0, 0.1) is 6.92 Å². The van der Waals surface area contributed by atoms with Gasteiger partial charge < -0.3 is 9.64 Å². The second-order valence-corrected chi connectivity index (χ2v) is 11.6. The summed E-state index contributed by atoms with van der Waals surface area (Å²) < 4.78 is 32.7. The van der Waals surface area contributed by atoms with Gasteiger partial charge in [-0.3, -0.25) is 9.59 Å². The summed E-state index contributed by atoms with van der Waals surface area (Å²) in [6.45, 7) is 3.86. The van der Waals surface area contributed by atoms with Gasteiger partial charge in [-0.25, -0.2) is 13.1 Å². The first-order chi connectivity index (χ1) is 16.6. The van der Waals surface area contributed by atoms with Gasteiger partial charge in [-0.1, -0.05) is 54.3 Å². The van der Waals surface area contributed by atoms with Crippen molar-refractivity contribution >= 4 is 33.5 Å². The second-order valence-electron chi connectivity index (χ2n) is 9.38. The van der Waals surface area contributed by atoms with E-state index in [-0.39, 0.29) is 12.5 Å². The van der Waals surface area contributed by atoms with Crippen molar-refractivity contribution in [2.75, 3.05) is 12.9 Å². The van der Waals surface area contributed by atoms with Gasteiger partial charge in [0.2, 0.25) is 10.0 Å². The number of halogens is 1. The van der Waals surface area contributed by atoms with Crippen molar-refractivity contribution in [3.05, 3.63) is 69.7 Å². The van der Waals surface area contributed by atoms with Gasteiger partial charge >= 0.3 is 5.97 Å². The van der Waals surface area contributed by atoms with E-state index in [0.29, 0.717) is 29.0 Å². The maximum Gasteiger partial charge on any atom is 0.315 e. The zero-order valence-electron chi connectivity index (χ0n) is 20.2. The standard InChI is InChI=1S/C26H31ClN2O5S/c1-4-34-26(31)23-19-14-9-16(2)15-20(19)25(30)29(24(23)17-10-12-18(27)13-11-17)22-8-6-5-7-21(22)28-35(3,32)33/h9-15,21-24,28H,4-8H2,1-3H3/t21-,22-,23+,24-/m0/s1. The minimum absolute atomic E-state index is 0.208. The molecule has 1 N–H and O–H groups in total. The maximum atomic E-state index is 14.1. The fraction of sp³-hybridized carbons (Fsp3) is 0.462. The Bertz CT molecular complexity index is 1210. The Labute approximate surface area is 211 Å². The highest BCUT2D eigenvalue weighted by atomic mass is 35.5.